The summed E-state index contributed by atoms with van der Waals surface area (Å²) < 4.78 is 4.95. The lowest BCUT2D eigenvalue weighted by Gasteiger charge is -2.17. The second-order valence-corrected chi connectivity index (χ2v) is 5.12. The van der Waals surface area contributed by atoms with Gasteiger partial charge in [0.25, 0.3) is 11.6 Å². The third kappa shape index (κ3) is 3.95. The molecule has 0 aliphatic heterocycles. The molecule has 0 aliphatic carbocycles. The van der Waals surface area contributed by atoms with Crippen molar-refractivity contribution < 1.29 is 19.2 Å². The lowest BCUT2D eigenvalue weighted by Crippen LogP contribution is -2.31. The number of nitro benzene ring substituents is 1. The minimum atomic E-state index is -0.784. The van der Waals surface area contributed by atoms with Crippen LogP contribution in [0.25, 0.3) is 0 Å². The van der Waals surface area contributed by atoms with E-state index in [0.717, 1.165) is 6.07 Å². The van der Waals surface area contributed by atoms with Gasteiger partial charge < -0.3 is 9.64 Å². The molecule has 0 spiro atoms. The summed E-state index contributed by atoms with van der Waals surface area (Å²) in [5.41, 5.74) is 0.973. The van der Waals surface area contributed by atoms with Crippen molar-refractivity contribution in [2.45, 2.75) is 6.92 Å². The number of anilines is 1. The van der Waals surface area contributed by atoms with E-state index in [1.807, 2.05) is 6.07 Å². The first-order chi connectivity index (χ1) is 11.4. The van der Waals surface area contributed by atoms with Crippen LogP contribution >= 0.6 is 0 Å². The zero-order valence-electron chi connectivity index (χ0n) is 13.3. The van der Waals surface area contributed by atoms with E-state index in [2.05, 4.69) is 0 Å². The van der Waals surface area contributed by atoms with Crippen molar-refractivity contribution in [2.75, 3.05) is 18.6 Å². The van der Waals surface area contributed by atoms with Crippen LogP contribution in [0, 0.1) is 17.0 Å². The molecule has 0 fully saturated rings. The molecule has 7 nitrogen and oxygen atoms in total. The Morgan fingerprint density at radius 1 is 1.17 bits per heavy atom. The summed E-state index contributed by atoms with van der Waals surface area (Å²) in [6.07, 6.45) is 0. The molecule has 0 aromatic heterocycles. The molecular weight excluding hydrogens is 312 g/mol. The van der Waals surface area contributed by atoms with Crippen molar-refractivity contribution >= 4 is 23.3 Å². The van der Waals surface area contributed by atoms with Crippen LogP contribution in [0.2, 0.25) is 0 Å². The summed E-state index contributed by atoms with van der Waals surface area (Å²) in [6.45, 7) is 1.12. The van der Waals surface area contributed by atoms with Crippen molar-refractivity contribution in [2.24, 2.45) is 0 Å². The van der Waals surface area contributed by atoms with Crippen LogP contribution < -0.4 is 4.90 Å². The zero-order valence-corrected chi connectivity index (χ0v) is 13.3. The van der Waals surface area contributed by atoms with E-state index in [-0.39, 0.29) is 11.3 Å². The van der Waals surface area contributed by atoms with Gasteiger partial charge in [-0.3, -0.25) is 14.9 Å². The van der Waals surface area contributed by atoms with Crippen molar-refractivity contribution in [3.8, 4) is 0 Å². The van der Waals surface area contributed by atoms with Gasteiger partial charge in [0.15, 0.2) is 6.61 Å². The number of carbonyl (C=O) groups excluding carboxylic acids is 2. The number of esters is 1. The van der Waals surface area contributed by atoms with E-state index in [9.17, 15) is 19.7 Å². The summed E-state index contributed by atoms with van der Waals surface area (Å²) in [5, 5.41) is 10.9. The number of nitrogens with zero attached hydrogens (tertiary/aromatic N) is 2. The minimum Gasteiger partial charge on any atom is -0.452 e. The van der Waals surface area contributed by atoms with Gasteiger partial charge in [-0.15, -0.1) is 0 Å². The maximum absolute atomic E-state index is 12.0. The van der Waals surface area contributed by atoms with Crippen molar-refractivity contribution in [1.82, 2.24) is 0 Å². The lowest BCUT2D eigenvalue weighted by molar-refractivity contribution is -0.385. The van der Waals surface area contributed by atoms with Crippen LogP contribution in [0.1, 0.15) is 15.9 Å². The van der Waals surface area contributed by atoms with Crippen molar-refractivity contribution in [1.29, 1.82) is 0 Å². The summed E-state index contributed by atoms with van der Waals surface area (Å²) in [7, 11) is 1.57. The summed E-state index contributed by atoms with van der Waals surface area (Å²) in [5.74, 6) is -1.19. The first kappa shape index (κ1) is 17.1. The largest absolute Gasteiger partial charge is 0.452 e. The number of hydrogen-bond donors (Lipinski definition) is 0. The quantitative estimate of drug-likeness (QED) is 0.478. The molecule has 1 amide bonds. The van der Waals surface area contributed by atoms with Gasteiger partial charge in [-0.1, -0.05) is 24.3 Å². The SMILES string of the molecule is Cc1ccc(C(=O)OCC(=O)N(C)c2ccccc2)cc1[N+](=O)[O-]. The van der Waals surface area contributed by atoms with E-state index in [1.54, 1.807) is 38.2 Å². The highest BCUT2D eigenvalue weighted by atomic mass is 16.6. The molecule has 0 N–H and O–H groups in total. The molecule has 0 radical (unpaired) electrons. The standard InChI is InChI=1S/C17H16N2O5/c1-12-8-9-13(10-15(12)19(22)23)17(21)24-11-16(20)18(2)14-6-4-3-5-7-14/h3-10H,11H2,1-2H3. The first-order valence-corrected chi connectivity index (χ1v) is 7.14. The van der Waals surface area contributed by atoms with E-state index >= 15 is 0 Å². The van der Waals surface area contributed by atoms with Gasteiger partial charge in [0.1, 0.15) is 0 Å². The molecule has 0 bridgehead atoms. The fraction of sp³-hybridized carbons (Fsp3) is 0.176. The Kier molecular flexibility index (Phi) is 5.26. The van der Waals surface area contributed by atoms with Crippen molar-refractivity contribution in [3.05, 3.63) is 69.8 Å². The van der Waals surface area contributed by atoms with Gasteiger partial charge in [-0.2, -0.15) is 0 Å². The lowest BCUT2D eigenvalue weighted by atomic mass is 10.1. The number of amides is 1. The van der Waals surface area contributed by atoms with Gasteiger partial charge in [-0.05, 0) is 25.1 Å². The third-order valence-corrected chi connectivity index (χ3v) is 3.49. The molecule has 2 aromatic carbocycles. The molecule has 124 valence electrons. The number of carbonyl (C=O) groups is 2. The van der Waals surface area contributed by atoms with E-state index in [4.69, 9.17) is 4.74 Å². The Bertz CT molecular complexity index is 774. The third-order valence-electron chi connectivity index (χ3n) is 3.49. The highest BCUT2D eigenvalue weighted by Gasteiger charge is 2.18. The number of rotatable bonds is 5. The van der Waals surface area contributed by atoms with E-state index in [1.165, 1.54) is 17.0 Å². The van der Waals surface area contributed by atoms with Crippen molar-refractivity contribution in [3.63, 3.8) is 0 Å². The molecule has 2 rings (SSSR count). The fourth-order valence-corrected chi connectivity index (χ4v) is 2.04. The Labute approximate surface area is 138 Å². The predicted octanol–water partition coefficient (Wildman–Crippen LogP) is 2.72. The molecule has 0 heterocycles. The maximum atomic E-state index is 12.0. The second-order valence-electron chi connectivity index (χ2n) is 5.12. The zero-order chi connectivity index (χ0) is 17.7. The molecule has 24 heavy (non-hydrogen) atoms. The van der Waals surface area contributed by atoms with E-state index in [0.29, 0.717) is 11.3 Å². The Hall–Kier alpha value is -3.22. The highest BCUT2D eigenvalue weighted by molar-refractivity contribution is 5.97. The fourth-order valence-electron chi connectivity index (χ4n) is 2.04. The molecular formula is C17H16N2O5. The molecule has 0 atom stereocenters. The van der Waals surface area contributed by atoms with Crippen LogP contribution in [0.5, 0.6) is 0 Å². The number of hydrogen-bond acceptors (Lipinski definition) is 5. The maximum Gasteiger partial charge on any atom is 0.338 e. The number of aryl methyl sites for hydroxylation is 1. The average Bonchev–Trinajstić information content (AvgIpc) is 2.59. The molecule has 0 aliphatic rings. The molecule has 7 heteroatoms. The Balaban J connectivity index is 2.02. The summed E-state index contributed by atoms with van der Waals surface area (Å²) >= 11 is 0. The molecule has 0 unspecified atom stereocenters. The smallest absolute Gasteiger partial charge is 0.338 e. The minimum absolute atomic E-state index is 0.0301. The van der Waals surface area contributed by atoms with Gasteiger partial charge in [0, 0.05) is 24.4 Å². The van der Waals surface area contributed by atoms with Gasteiger partial charge in [0.2, 0.25) is 0 Å². The monoisotopic (exact) mass is 328 g/mol. The Morgan fingerprint density at radius 3 is 2.46 bits per heavy atom. The summed E-state index contributed by atoms with van der Waals surface area (Å²) in [4.78, 5) is 35.7. The molecule has 0 saturated heterocycles. The predicted molar refractivity (Wildman–Crippen MR) is 88.0 cm³/mol. The summed E-state index contributed by atoms with van der Waals surface area (Å²) in [6, 6.07) is 12.9. The van der Waals surface area contributed by atoms with E-state index < -0.39 is 23.4 Å². The first-order valence-electron chi connectivity index (χ1n) is 7.14. The van der Waals surface area contributed by atoms with Crippen LogP contribution in [0.4, 0.5) is 11.4 Å². The number of likely N-dealkylation sites (N-methyl/N-ethyl adjacent to an activating group) is 1. The van der Waals surface area contributed by atoms with Gasteiger partial charge >= 0.3 is 5.97 Å². The number of benzene rings is 2. The number of ether oxygens (including phenoxy) is 1. The van der Waals surface area contributed by atoms with Gasteiger partial charge in [-0.25, -0.2) is 4.79 Å². The highest BCUT2D eigenvalue weighted by Crippen LogP contribution is 2.20. The average molecular weight is 328 g/mol. The number of nitro groups is 1. The normalized spacial score (nSPS) is 10.1. The molecule has 0 saturated carbocycles. The Morgan fingerprint density at radius 2 is 1.83 bits per heavy atom. The number of para-hydroxylation sites is 1. The topological polar surface area (TPSA) is 89.8 Å². The van der Waals surface area contributed by atoms with Crippen LogP contribution in [0.3, 0.4) is 0 Å². The van der Waals surface area contributed by atoms with Gasteiger partial charge in [0.05, 0.1) is 10.5 Å². The second kappa shape index (κ2) is 7.36. The molecule has 2 aromatic rings. The van der Waals surface area contributed by atoms with Crippen LogP contribution in [-0.2, 0) is 9.53 Å². The van der Waals surface area contributed by atoms with Crippen LogP contribution in [-0.4, -0.2) is 30.5 Å². The van der Waals surface area contributed by atoms with Crippen LogP contribution in [0.15, 0.2) is 48.5 Å².